The molecule has 0 saturated carbocycles. The van der Waals surface area contributed by atoms with Crippen molar-refractivity contribution < 1.29 is 14.3 Å². The van der Waals surface area contributed by atoms with Crippen molar-refractivity contribution in [2.75, 3.05) is 26.3 Å². The van der Waals surface area contributed by atoms with Gasteiger partial charge >= 0.3 is 5.69 Å². The molecule has 124 valence electrons. The Kier molecular flexibility index (Phi) is 5.73. The average Bonchev–Trinajstić information content (AvgIpc) is 2.82. The van der Waals surface area contributed by atoms with Gasteiger partial charge in [-0.05, 0) is 13.8 Å². The maximum absolute atomic E-state index is 12.3. The summed E-state index contributed by atoms with van der Waals surface area (Å²) < 4.78 is 13.8. The van der Waals surface area contributed by atoms with Crippen LogP contribution in [0.15, 0.2) is 11.1 Å². The molecule has 0 aliphatic carbocycles. The Morgan fingerprint density at radius 2 is 2.32 bits per heavy atom. The summed E-state index contributed by atoms with van der Waals surface area (Å²) in [4.78, 5) is 25.7. The standard InChI is InChI=1S/C14H24N4O4/c1-11(2)22-9-12-8-17(6-7-21-12)13(19)4-5-18-14(20)16(3)10-15-18/h10-12H,4-9H2,1-3H3/t12-/m1/s1. The summed E-state index contributed by atoms with van der Waals surface area (Å²) >= 11 is 0. The highest BCUT2D eigenvalue weighted by molar-refractivity contribution is 5.76. The van der Waals surface area contributed by atoms with E-state index in [1.165, 1.54) is 15.6 Å². The fraction of sp³-hybridized carbons (Fsp3) is 0.786. The normalized spacial score (nSPS) is 18.9. The Hall–Kier alpha value is -1.67. The first-order chi connectivity index (χ1) is 10.5. The van der Waals surface area contributed by atoms with Gasteiger partial charge in [0.05, 0.1) is 32.0 Å². The van der Waals surface area contributed by atoms with Gasteiger partial charge < -0.3 is 14.4 Å². The summed E-state index contributed by atoms with van der Waals surface area (Å²) in [6.45, 7) is 6.34. The highest BCUT2D eigenvalue weighted by Gasteiger charge is 2.24. The van der Waals surface area contributed by atoms with Gasteiger partial charge in [-0.1, -0.05) is 0 Å². The van der Waals surface area contributed by atoms with Crippen molar-refractivity contribution >= 4 is 5.91 Å². The van der Waals surface area contributed by atoms with Gasteiger partial charge in [0.1, 0.15) is 6.33 Å². The lowest BCUT2D eigenvalue weighted by molar-refractivity contribution is -0.142. The maximum Gasteiger partial charge on any atom is 0.345 e. The Balaban J connectivity index is 1.81. The number of rotatable bonds is 6. The number of aromatic nitrogens is 3. The van der Waals surface area contributed by atoms with E-state index in [1.807, 2.05) is 13.8 Å². The van der Waals surface area contributed by atoms with Crippen molar-refractivity contribution in [3.05, 3.63) is 16.8 Å². The summed E-state index contributed by atoms with van der Waals surface area (Å²) in [6.07, 6.45) is 1.76. The molecule has 1 aromatic rings. The molecule has 0 spiro atoms. The van der Waals surface area contributed by atoms with Crippen molar-refractivity contribution in [1.29, 1.82) is 0 Å². The van der Waals surface area contributed by atoms with Crippen molar-refractivity contribution in [3.8, 4) is 0 Å². The van der Waals surface area contributed by atoms with Crippen molar-refractivity contribution in [3.63, 3.8) is 0 Å². The molecule has 0 aromatic carbocycles. The highest BCUT2D eigenvalue weighted by Crippen LogP contribution is 2.08. The molecule has 1 aromatic heterocycles. The number of ether oxygens (including phenoxy) is 2. The van der Waals surface area contributed by atoms with Crippen LogP contribution in [0.3, 0.4) is 0 Å². The third-order valence-electron chi connectivity index (χ3n) is 3.53. The zero-order chi connectivity index (χ0) is 16.1. The number of carbonyl (C=O) groups excluding carboxylic acids is 1. The average molecular weight is 312 g/mol. The molecule has 1 aliphatic rings. The van der Waals surface area contributed by atoms with Crippen LogP contribution in [0.1, 0.15) is 20.3 Å². The molecule has 1 atom stereocenters. The van der Waals surface area contributed by atoms with Gasteiger partial charge in [0.15, 0.2) is 0 Å². The molecular weight excluding hydrogens is 288 g/mol. The van der Waals surface area contributed by atoms with E-state index in [-0.39, 0.29) is 30.2 Å². The van der Waals surface area contributed by atoms with Crippen LogP contribution in [0.25, 0.3) is 0 Å². The van der Waals surface area contributed by atoms with Gasteiger partial charge in [-0.15, -0.1) is 0 Å². The van der Waals surface area contributed by atoms with Crippen molar-refractivity contribution in [1.82, 2.24) is 19.2 Å². The Bertz CT molecular complexity index is 551. The molecule has 2 heterocycles. The molecule has 8 heteroatoms. The number of amides is 1. The van der Waals surface area contributed by atoms with Crippen molar-refractivity contribution in [2.24, 2.45) is 7.05 Å². The van der Waals surface area contributed by atoms with Crippen molar-refractivity contribution in [2.45, 2.75) is 39.0 Å². The topological polar surface area (TPSA) is 78.6 Å². The molecule has 8 nitrogen and oxygen atoms in total. The molecule has 1 saturated heterocycles. The number of nitrogens with zero attached hydrogens (tertiary/aromatic N) is 4. The quantitative estimate of drug-likeness (QED) is 0.716. The predicted octanol–water partition coefficient (Wildman–Crippen LogP) is -0.376. The highest BCUT2D eigenvalue weighted by atomic mass is 16.5. The summed E-state index contributed by atoms with van der Waals surface area (Å²) in [5.41, 5.74) is -0.210. The Labute approximate surface area is 129 Å². The summed E-state index contributed by atoms with van der Waals surface area (Å²) in [6, 6.07) is 0. The van der Waals surface area contributed by atoms with E-state index in [0.29, 0.717) is 32.8 Å². The molecule has 0 unspecified atom stereocenters. The van der Waals surface area contributed by atoms with Crippen LogP contribution < -0.4 is 5.69 Å². The molecule has 22 heavy (non-hydrogen) atoms. The molecule has 0 radical (unpaired) electrons. The largest absolute Gasteiger partial charge is 0.376 e. The smallest absolute Gasteiger partial charge is 0.345 e. The third-order valence-corrected chi connectivity index (χ3v) is 3.53. The molecule has 1 aliphatic heterocycles. The second kappa shape index (κ2) is 7.55. The van der Waals surface area contributed by atoms with Crippen LogP contribution >= 0.6 is 0 Å². The molecule has 1 fully saturated rings. The first-order valence-electron chi connectivity index (χ1n) is 7.56. The van der Waals surface area contributed by atoms with Gasteiger partial charge in [-0.3, -0.25) is 9.36 Å². The van der Waals surface area contributed by atoms with Crippen LogP contribution in [0.4, 0.5) is 0 Å². The molecular formula is C14H24N4O4. The molecule has 0 bridgehead atoms. The number of morpholine rings is 1. The van der Waals surface area contributed by atoms with Crippen LogP contribution in [-0.2, 0) is 27.9 Å². The third kappa shape index (κ3) is 4.41. The van der Waals surface area contributed by atoms with E-state index in [1.54, 1.807) is 11.9 Å². The first kappa shape index (κ1) is 16.7. The number of hydrogen-bond acceptors (Lipinski definition) is 5. The minimum absolute atomic E-state index is 0.00963. The lowest BCUT2D eigenvalue weighted by Crippen LogP contribution is -2.47. The van der Waals surface area contributed by atoms with Crippen LogP contribution in [0.2, 0.25) is 0 Å². The Morgan fingerprint density at radius 1 is 1.55 bits per heavy atom. The van der Waals surface area contributed by atoms with Crippen LogP contribution in [-0.4, -0.2) is 63.7 Å². The van der Waals surface area contributed by atoms with E-state index in [9.17, 15) is 9.59 Å². The summed E-state index contributed by atoms with van der Waals surface area (Å²) in [5, 5.41) is 3.95. The van der Waals surface area contributed by atoms with E-state index in [2.05, 4.69) is 5.10 Å². The summed E-state index contributed by atoms with van der Waals surface area (Å²) in [5.74, 6) is 0.00963. The predicted molar refractivity (Wildman–Crippen MR) is 79.5 cm³/mol. The monoisotopic (exact) mass is 312 g/mol. The van der Waals surface area contributed by atoms with Gasteiger partial charge in [0.25, 0.3) is 0 Å². The lowest BCUT2D eigenvalue weighted by atomic mass is 10.2. The van der Waals surface area contributed by atoms with Gasteiger partial charge in [-0.2, -0.15) is 5.10 Å². The zero-order valence-electron chi connectivity index (χ0n) is 13.4. The van der Waals surface area contributed by atoms with E-state index in [4.69, 9.17) is 9.47 Å². The summed E-state index contributed by atoms with van der Waals surface area (Å²) in [7, 11) is 1.63. The van der Waals surface area contributed by atoms with E-state index in [0.717, 1.165) is 0 Å². The van der Waals surface area contributed by atoms with Crippen LogP contribution in [0, 0.1) is 0 Å². The van der Waals surface area contributed by atoms with E-state index >= 15 is 0 Å². The zero-order valence-corrected chi connectivity index (χ0v) is 13.4. The SMILES string of the molecule is CC(C)OC[C@H]1CN(C(=O)CCn2ncn(C)c2=O)CCO1. The molecule has 2 rings (SSSR count). The van der Waals surface area contributed by atoms with E-state index < -0.39 is 0 Å². The lowest BCUT2D eigenvalue weighted by Gasteiger charge is -2.33. The molecule has 1 amide bonds. The number of hydrogen-bond donors (Lipinski definition) is 0. The molecule has 0 N–H and O–H groups in total. The fourth-order valence-electron chi connectivity index (χ4n) is 2.28. The maximum atomic E-state index is 12.3. The second-order valence-electron chi connectivity index (χ2n) is 5.71. The van der Waals surface area contributed by atoms with Gasteiger partial charge in [0, 0.05) is 26.6 Å². The van der Waals surface area contributed by atoms with Crippen LogP contribution in [0.5, 0.6) is 0 Å². The number of carbonyl (C=O) groups is 1. The fourth-order valence-corrected chi connectivity index (χ4v) is 2.28. The van der Waals surface area contributed by atoms with Gasteiger partial charge in [0.2, 0.25) is 5.91 Å². The van der Waals surface area contributed by atoms with Gasteiger partial charge in [-0.25, -0.2) is 9.48 Å². The second-order valence-corrected chi connectivity index (χ2v) is 5.71. The Morgan fingerprint density at radius 3 is 2.95 bits per heavy atom. The number of aryl methyl sites for hydroxylation is 2. The minimum Gasteiger partial charge on any atom is -0.376 e. The minimum atomic E-state index is -0.210. The first-order valence-corrected chi connectivity index (χ1v) is 7.56.